The van der Waals surface area contributed by atoms with Gasteiger partial charge in [-0.1, -0.05) is 121 Å². The van der Waals surface area contributed by atoms with Crippen molar-refractivity contribution in [2.24, 2.45) is 0 Å². The molecule has 0 amide bonds. The van der Waals surface area contributed by atoms with Gasteiger partial charge in [-0.2, -0.15) is 0 Å². The zero-order valence-corrected chi connectivity index (χ0v) is 19.3. The molecule has 1 saturated heterocycles. The molecule has 33 heavy (non-hydrogen) atoms. The van der Waals surface area contributed by atoms with Gasteiger partial charge in [-0.15, -0.1) is 0 Å². The number of likely N-dealkylation sites (tertiary alicyclic amines) is 1. The molecule has 4 aromatic rings. The maximum Gasteiger partial charge on any atom is 0.163 e. The van der Waals surface area contributed by atoms with E-state index in [9.17, 15) is 0 Å². The number of benzene rings is 4. The SMILES string of the molecule is CC1(OCc2ccccc2)C[N+](Cc2ccccc2)(C(c2ccccc2)c2ccccc2)C1. The van der Waals surface area contributed by atoms with Crippen LogP contribution in [0, 0.1) is 0 Å². The van der Waals surface area contributed by atoms with Crippen molar-refractivity contribution in [3.05, 3.63) is 144 Å². The van der Waals surface area contributed by atoms with Crippen molar-refractivity contribution >= 4 is 0 Å². The van der Waals surface area contributed by atoms with Crippen LogP contribution in [0.5, 0.6) is 0 Å². The van der Waals surface area contributed by atoms with Gasteiger partial charge in [-0.25, -0.2) is 0 Å². The summed E-state index contributed by atoms with van der Waals surface area (Å²) in [5.74, 6) is 0. The molecule has 1 fully saturated rings. The van der Waals surface area contributed by atoms with Gasteiger partial charge in [0.15, 0.2) is 5.60 Å². The van der Waals surface area contributed by atoms with E-state index < -0.39 is 0 Å². The highest BCUT2D eigenvalue weighted by Gasteiger charge is 2.58. The maximum absolute atomic E-state index is 6.55. The normalized spacial score (nSPS) is 22.1. The van der Waals surface area contributed by atoms with Crippen LogP contribution >= 0.6 is 0 Å². The predicted octanol–water partition coefficient (Wildman–Crippen LogP) is 6.78. The van der Waals surface area contributed by atoms with E-state index in [4.69, 9.17) is 4.74 Å². The maximum atomic E-state index is 6.55. The fourth-order valence-electron chi connectivity index (χ4n) is 5.64. The third kappa shape index (κ3) is 4.78. The lowest BCUT2D eigenvalue weighted by atomic mass is 9.83. The van der Waals surface area contributed by atoms with E-state index in [-0.39, 0.29) is 11.6 Å². The van der Waals surface area contributed by atoms with Crippen LogP contribution in [0.3, 0.4) is 0 Å². The molecular weight excluding hydrogens is 402 g/mol. The molecule has 1 aliphatic heterocycles. The Morgan fingerprint density at radius 2 is 1.06 bits per heavy atom. The number of ether oxygens (including phenoxy) is 1. The molecule has 0 spiro atoms. The molecular formula is C31H32NO+. The first-order chi connectivity index (χ1) is 16.2. The molecule has 2 nitrogen and oxygen atoms in total. The fourth-order valence-corrected chi connectivity index (χ4v) is 5.64. The molecule has 0 unspecified atom stereocenters. The van der Waals surface area contributed by atoms with Crippen LogP contribution in [0.4, 0.5) is 0 Å². The Morgan fingerprint density at radius 3 is 1.55 bits per heavy atom. The summed E-state index contributed by atoms with van der Waals surface area (Å²) in [5, 5.41) is 0. The standard InChI is InChI=1S/C31H32NO/c1-31(33-23-27-16-8-3-9-17-27)24-32(25-31,22-26-14-6-2-7-15-26)30(28-18-10-4-11-19-28)29-20-12-5-13-21-29/h2-21,30H,22-25H2,1H3/q+1. The van der Waals surface area contributed by atoms with E-state index in [1.807, 2.05) is 0 Å². The molecule has 4 aromatic carbocycles. The van der Waals surface area contributed by atoms with Crippen LogP contribution in [-0.2, 0) is 17.9 Å². The van der Waals surface area contributed by atoms with E-state index in [0.29, 0.717) is 6.61 Å². The van der Waals surface area contributed by atoms with E-state index in [1.54, 1.807) is 0 Å². The highest BCUT2D eigenvalue weighted by atomic mass is 16.5. The first-order valence-electron chi connectivity index (χ1n) is 11.8. The minimum Gasteiger partial charge on any atom is -0.359 e. The Bertz CT molecular complexity index is 1100. The van der Waals surface area contributed by atoms with Crippen molar-refractivity contribution < 1.29 is 9.22 Å². The first kappa shape index (κ1) is 21.6. The molecule has 0 saturated carbocycles. The van der Waals surface area contributed by atoms with Crippen LogP contribution in [0.25, 0.3) is 0 Å². The van der Waals surface area contributed by atoms with Crippen molar-refractivity contribution in [3.8, 4) is 0 Å². The Balaban J connectivity index is 1.49. The highest BCUT2D eigenvalue weighted by molar-refractivity contribution is 5.31. The molecule has 0 bridgehead atoms. The molecule has 0 aliphatic carbocycles. The number of rotatable bonds is 8. The number of quaternary nitrogens is 1. The van der Waals surface area contributed by atoms with Crippen molar-refractivity contribution in [2.75, 3.05) is 13.1 Å². The van der Waals surface area contributed by atoms with Gasteiger partial charge in [0.05, 0.1) is 6.61 Å². The van der Waals surface area contributed by atoms with Crippen molar-refractivity contribution in [1.82, 2.24) is 0 Å². The second-order valence-electron chi connectivity index (χ2n) is 9.63. The minimum absolute atomic E-state index is 0.146. The highest BCUT2D eigenvalue weighted by Crippen LogP contribution is 2.46. The van der Waals surface area contributed by atoms with Crippen LogP contribution < -0.4 is 0 Å². The van der Waals surface area contributed by atoms with Crippen LogP contribution in [0.15, 0.2) is 121 Å². The summed E-state index contributed by atoms with van der Waals surface area (Å²) in [6.45, 7) is 5.88. The summed E-state index contributed by atoms with van der Waals surface area (Å²) in [6, 6.07) is 43.7. The van der Waals surface area contributed by atoms with Gasteiger partial charge in [0.2, 0.25) is 0 Å². The monoisotopic (exact) mass is 434 g/mol. The van der Waals surface area contributed by atoms with Gasteiger partial charge >= 0.3 is 0 Å². The van der Waals surface area contributed by atoms with Gasteiger partial charge < -0.3 is 9.22 Å². The van der Waals surface area contributed by atoms with Gasteiger partial charge in [-0.3, -0.25) is 0 Å². The summed E-state index contributed by atoms with van der Waals surface area (Å²) < 4.78 is 7.51. The number of hydrogen-bond acceptors (Lipinski definition) is 1. The van der Waals surface area contributed by atoms with Crippen LogP contribution in [0.1, 0.15) is 35.2 Å². The fraction of sp³-hybridized carbons (Fsp3) is 0.226. The molecule has 0 radical (unpaired) electrons. The lowest BCUT2D eigenvalue weighted by molar-refractivity contribution is -1.01. The minimum atomic E-state index is -0.146. The Hall–Kier alpha value is -3.20. The second kappa shape index (κ2) is 9.35. The molecule has 1 heterocycles. The summed E-state index contributed by atoms with van der Waals surface area (Å²) in [4.78, 5) is 0. The summed E-state index contributed by atoms with van der Waals surface area (Å²) in [5.41, 5.74) is 5.19. The van der Waals surface area contributed by atoms with E-state index >= 15 is 0 Å². The van der Waals surface area contributed by atoms with Gasteiger partial charge in [0.25, 0.3) is 0 Å². The quantitative estimate of drug-likeness (QED) is 0.278. The second-order valence-corrected chi connectivity index (χ2v) is 9.63. The molecule has 2 heteroatoms. The van der Waals surface area contributed by atoms with Crippen molar-refractivity contribution in [2.45, 2.75) is 31.7 Å². The van der Waals surface area contributed by atoms with E-state index in [1.165, 1.54) is 22.3 Å². The molecule has 5 rings (SSSR count). The van der Waals surface area contributed by atoms with E-state index in [0.717, 1.165) is 24.1 Å². The Kier molecular flexibility index (Phi) is 6.13. The zero-order valence-electron chi connectivity index (χ0n) is 19.3. The summed E-state index contributed by atoms with van der Waals surface area (Å²) in [6.07, 6.45) is 0. The summed E-state index contributed by atoms with van der Waals surface area (Å²) >= 11 is 0. The average molecular weight is 435 g/mol. The Labute approximate surface area is 197 Å². The van der Waals surface area contributed by atoms with Gasteiger partial charge in [0.1, 0.15) is 25.7 Å². The Morgan fingerprint density at radius 1 is 0.636 bits per heavy atom. The number of hydrogen-bond donors (Lipinski definition) is 0. The van der Waals surface area contributed by atoms with Crippen molar-refractivity contribution in [3.63, 3.8) is 0 Å². The molecule has 1 aliphatic rings. The molecule has 166 valence electrons. The summed E-state index contributed by atoms with van der Waals surface area (Å²) in [7, 11) is 0. The van der Waals surface area contributed by atoms with Gasteiger partial charge in [0, 0.05) is 16.7 Å². The zero-order chi connectivity index (χ0) is 22.6. The van der Waals surface area contributed by atoms with Crippen molar-refractivity contribution in [1.29, 1.82) is 0 Å². The topological polar surface area (TPSA) is 9.23 Å². The van der Waals surface area contributed by atoms with Crippen LogP contribution in [-0.4, -0.2) is 23.2 Å². The largest absolute Gasteiger partial charge is 0.359 e. The molecule has 0 aromatic heterocycles. The average Bonchev–Trinajstić information content (AvgIpc) is 2.85. The van der Waals surface area contributed by atoms with E-state index in [2.05, 4.69) is 128 Å². The lowest BCUT2D eigenvalue weighted by Gasteiger charge is -2.59. The smallest absolute Gasteiger partial charge is 0.163 e. The predicted molar refractivity (Wildman–Crippen MR) is 135 cm³/mol. The molecule has 0 N–H and O–H groups in total. The number of nitrogens with zero attached hydrogens (tertiary/aromatic N) is 1. The lowest BCUT2D eigenvalue weighted by Crippen LogP contribution is -2.73. The third-order valence-corrected chi connectivity index (χ3v) is 6.85. The van der Waals surface area contributed by atoms with Crippen LogP contribution in [0.2, 0.25) is 0 Å². The molecule has 0 atom stereocenters. The van der Waals surface area contributed by atoms with Gasteiger partial charge in [-0.05, 0) is 12.5 Å². The third-order valence-electron chi connectivity index (χ3n) is 6.85. The first-order valence-corrected chi connectivity index (χ1v) is 11.8.